The molecule has 2 N–H and O–H groups in total. The minimum Gasteiger partial charge on any atom is -0.481 e. The van der Waals surface area contributed by atoms with Gasteiger partial charge in [0.1, 0.15) is 0 Å². The average Bonchev–Trinajstić information content (AvgIpc) is 2.15. The molecular formula is C12H14O4. The second kappa shape index (κ2) is 5.30. The van der Waals surface area contributed by atoms with Gasteiger partial charge in [-0.05, 0) is 30.0 Å². The Morgan fingerprint density at radius 2 is 1.88 bits per heavy atom. The van der Waals surface area contributed by atoms with E-state index in [1.165, 1.54) is 0 Å². The Bertz CT molecular complexity index is 409. The maximum atomic E-state index is 10.5. The molecule has 0 heterocycles. The maximum Gasteiger partial charge on any atom is 0.307 e. The molecule has 86 valence electrons. The van der Waals surface area contributed by atoms with Crippen molar-refractivity contribution in [3.8, 4) is 0 Å². The van der Waals surface area contributed by atoms with E-state index in [0.29, 0.717) is 6.42 Å². The van der Waals surface area contributed by atoms with Crippen molar-refractivity contribution in [1.29, 1.82) is 0 Å². The lowest BCUT2D eigenvalue weighted by Gasteiger charge is -2.06. The number of carboxylic acid groups (broad SMARTS) is 2. The van der Waals surface area contributed by atoms with Gasteiger partial charge in [-0.3, -0.25) is 9.59 Å². The van der Waals surface area contributed by atoms with Crippen molar-refractivity contribution in [2.45, 2.75) is 26.2 Å². The highest BCUT2D eigenvalue weighted by atomic mass is 16.4. The topological polar surface area (TPSA) is 74.6 Å². The Hall–Kier alpha value is -1.84. The van der Waals surface area contributed by atoms with Crippen LogP contribution in [0.15, 0.2) is 18.2 Å². The predicted octanol–water partition coefficient (Wildman–Crippen LogP) is 1.64. The zero-order chi connectivity index (χ0) is 12.1. The third-order valence-corrected chi connectivity index (χ3v) is 2.37. The summed E-state index contributed by atoms with van der Waals surface area (Å²) < 4.78 is 0. The minimum atomic E-state index is -0.863. The Morgan fingerprint density at radius 1 is 1.19 bits per heavy atom. The number of rotatable bonds is 5. The molecule has 0 atom stereocenters. The van der Waals surface area contributed by atoms with E-state index in [2.05, 4.69) is 0 Å². The van der Waals surface area contributed by atoms with Gasteiger partial charge in [0.15, 0.2) is 0 Å². The van der Waals surface area contributed by atoms with Gasteiger partial charge in [0, 0.05) is 6.42 Å². The van der Waals surface area contributed by atoms with Gasteiger partial charge in [-0.1, -0.05) is 18.2 Å². The molecule has 0 aliphatic heterocycles. The van der Waals surface area contributed by atoms with Crippen LogP contribution in [0, 0.1) is 6.92 Å². The normalized spacial score (nSPS) is 10.1. The average molecular weight is 222 g/mol. The van der Waals surface area contributed by atoms with Gasteiger partial charge in [0.25, 0.3) is 0 Å². The van der Waals surface area contributed by atoms with Crippen LogP contribution in [-0.2, 0) is 22.4 Å². The second-order valence-corrected chi connectivity index (χ2v) is 3.73. The van der Waals surface area contributed by atoms with Gasteiger partial charge < -0.3 is 10.2 Å². The molecular weight excluding hydrogens is 208 g/mol. The van der Waals surface area contributed by atoms with Crippen LogP contribution < -0.4 is 0 Å². The lowest BCUT2D eigenvalue weighted by Crippen LogP contribution is -2.02. The summed E-state index contributed by atoms with van der Waals surface area (Å²) >= 11 is 0. The Kier molecular flexibility index (Phi) is 4.05. The molecule has 0 spiro atoms. The highest BCUT2D eigenvalue weighted by Crippen LogP contribution is 2.13. The summed E-state index contributed by atoms with van der Waals surface area (Å²) in [4.78, 5) is 20.9. The molecule has 16 heavy (non-hydrogen) atoms. The number of hydrogen-bond donors (Lipinski definition) is 2. The van der Waals surface area contributed by atoms with Gasteiger partial charge in [-0.2, -0.15) is 0 Å². The Labute approximate surface area is 93.5 Å². The van der Waals surface area contributed by atoms with Gasteiger partial charge >= 0.3 is 11.9 Å². The van der Waals surface area contributed by atoms with E-state index in [1.54, 1.807) is 18.2 Å². The third-order valence-electron chi connectivity index (χ3n) is 2.37. The summed E-state index contributed by atoms with van der Waals surface area (Å²) in [7, 11) is 0. The van der Waals surface area contributed by atoms with Crippen LogP contribution in [0.2, 0.25) is 0 Å². The molecule has 0 aromatic heterocycles. The summed E-state index contributed by atoms with van der Waals surface area (Å²) in [6.07, 6.45) is 0.577. The van der Waals surface area contributed by atoms with Crippen LogP contribution in [0.5, 0.6) is 0 Å². The molecule has 0 unspecified atom stereocenters. The van der Waals surface area contributed by atoms with Gasteiger partial charge in [-0.25, -0.2) is 0 Å². The van der Waals surface area contributed by atoms with E-state index in [0.717, 1.165) is 16.7 Å². The van der Waals surface area contributed by atoms with Crippen molar-refractivity contribution >= 4 is 11.9 Å². The monoisotopic (exact) mass is 222 g/mol. The lowest BCUT2D eigenvalue weighted by molar-refractivity contribution is -0.137. The molecule has 0 aliphatic rings. The van der Waals surface area contributed by atoms with Crippen LogP contribution in [0.3, 0.4) is 0 Å². The minimum absolute atomic E-state index is 0.0000502. The quantitative estimate of drug-likeness (QED) is 0.794. The fourth-order valence-electron chi connectivity index (χ4n) is 1.56. The van der Waals surface area contributed by atoms with Crippen LogP contribution in [-0.4, -0.2) is 22.2 Å². The number of aliphatic carboxylic acids is 2. The summed E-state index contributed by atoms with van der Waals surface area (Å²) in [5, 5.41) is 17.2. The summed E-state index contributed by atoms with van der Waals surface area (Å²) in [6, 6.07) is 5.33. The van der Waals surface area contributed by atoms with Crippen LogP contribution >= 0.6 is 0 Å². The Morgan fingerprint density at radius 3 is 2.38 bits per heavy atom. The first kappa shape index (κ1) is 12.2. The molecule has 1 rings (SSSR count). The summed E-state index contributed by atoms with van der Waals surface area (Å²) in [5.74, 6) is -1.69. The summed E-state index contributed by atoms with van der Waals surface area (Å²) in [6.45, 7) is 1.86. The standard InChI is InChI=1S/C12H14O4/c1-8-6-9(7-12(15)16)2-3-10(8)4-5-11(13)14/h2-3,6H,4-5,7H2,1H3,(H,13,14)(H,15,16). The van der Waals surface area contributed by atoms with Crippen LogP contribution in [0.1, 0.15) is 23.1 Å². The molecule has 4 heteroatoms. The molecule has 0 fully saturated rings. The molecule has 1 aromatic carbocycles. The van der Waals surface area contributed by atoms with E-state index in [-0.39, 0.29) is 12.8 Å². The van der Waals surface area contributed by atoms with Crippen molar-refractivity contribution in [3.63, 3.8) is 0 Å². The van der Waals surface area contributed by atoms with Crippen molar-refractivity contribution in [2.24, 2.45) is 0 Å². The van der Waals surface area contributed by atoms with Gasteiger partial charge in [0.05, 0.1) is 6.42 Å². The molecule has 1 aromatic rings. The first-order valence-electron chi connectivity index (χ1n) is 5.01. The number of carbonyl (C=O) groups is 2. The van der Waals surface area contributed by atoms with Gasteiger partial charge in [-0.15, -0.1) is 0 Å². The molecule has 0 amide bonds. The number of aryl methyl sites for hydroxylation is 2. The number of carboxylic acids is 2. The van der Waals surface area contributed by atoms with Crippen LogP contribution in [0.4, 0.5) is 0 Å². The second-order valence-electron chi connectivity index (χ2n) is 3.73. The van der Waals surface area contributed by atoms with E-state index >= 15 is 0 Å². The van der Waals surface area contributed by atoms with Crippen molar-refractivity contribution in [2.75, 3.05) is 0 Å². The zero-order valence-electron chi connectivity index (χ0n) is 9.06. The van der Waals surface area contributed by atoms with E-state index in [1.807, 2.05) is 6.92 Å². The van der Waals surface area contributed by atoms with Crippen molar-refractivity contribution < 1.29 is 19.8 Å². The molecule has 0 aliphatic carbocycles. The first-order chi connectivity index (χ1) is 7.49. The predicted molar refractivity (Wildman–Crippen MR) is 58.5 cm³/mol. The van der Waals surface area contributed by atoms with Crippen LogP contribution in [0.25, 0.3) is 0 Å². The highest BCUT2D eigenvalue weighted by Gasteiger charge is 2.05. The maximum absolute atomic E-state index is 10.5. The third kappa shape index (κ3) is 3.73. The smallest absolute Gasteiger partial charge is 0.307 e. The molecule has 0 bridgehead atoms. The zero-order valence-corrected chi connectivity index (χ0v) is 9.06. The van der Waals surface area contributed by atoms with E-state index in [9.17, 15) is 9.59 Å². The molecule has 0 saturated heterocycles. The van der Waals surface area contributed by atoms with Gasteiger partial charge in [0.2, 0.25) is 0 Å². The number of hydrogen-bond acceptors (Lipinski definition) is 2. The Balaban J connectivity index is 2.75. The van der Waals surface area contributed by atoms with Crippen molar-refractivity contribution in [3.05, 3.63) is 34.9 Å². The van der Waals surface area contributed by atoms with E-state index in [4.69, 9.17) is 10.2 Å². The fourth-order valence-corrected chi connectivity index (χ4v) is 1.56. The SMILES string of the molecule is Cc1cc(CC(=O)O)ccc1CCC(=O)O. The highest BCUT2D eigenvalue weighted by molar-refractivity contribution is 5.70. The summed E-state index contributed by atoms with van der Waals surface area (Å²) in [5.41, 5.74) is 2.64. The molecule has 0 radical (unpaired) electrons. The van der Waals surface area contributed by atoms with E-state index < -0.39 is 11.9 Å². The largest absolute Gasteiger partial charge is 0.481 e. The fraction of sp³-hybridized carbons (Fsp3) is 0.333. The first-order valence-corrected chi connectivity index (χ1v) is 5.01. The molecule has 0 saturated carbocycles. The number of benzene rings is 1. The lowest BCUT2D eigenvalue weighted by atomic mass is 10.00. The molecule has 4 nitrogen and oxygen atoms in total. The van der Waals surface area contributed by atoms with Crippen molar-refractivity contribution in [1.82, 2.24) is 0 Å².